The molecular weight excluding hydrogens is 232 g/mol. The van der Waals surface area contributed by atoms with E-state index in [1.165, 1.54) is 57.9 Å². The van der Waals surface area contributed by atoms with E-state index in [0.717, 1.165) is 18.1 Å². The van der Waals surface area contributed by atoms with E-state index in [-0.39, 0.29) is 0 Å². The Labute approximate surface area is 120 Å². The second-order valence-corrected chi connectivity index (χ2v) is 6.97. The molecule has 2 saturated heterocycles. The van der Waals surface area contributed by atoms with E-state index < -0.39 is 0 Å². The van der Waals surface area contributed by atoms with Crippen LogP contribution in [0.25, 0.3) is 0 Å². The molecule has 2 rings (SSSR count). The predicted molar refractivity (Wildman–Crippen MR) is 83.6 cm³/mol. The van der Waals surface area contributed by atoms with Crippen LogP contribution in [-0.2, 0) is 0 Å². The minimum atomic E-state index is 0.436. The minimum Gasteiger partial charge on any atom is -0.314 e. The molecule has 0 amide bonds. The van der Waals surface area contributed by atoms with Crippen molar-refractivity contribution >= 4 is 0 Å². The van der Waals surface area contributed by atoms with Gasteiger partial charge in [0.05, 0.1) is 0 Å². The summed E-state index contributed by atoms with van der Waals surface area (Å²) in [5.74, 6) is 0. The van der Waals surface area contributed by atoms with Crippen molar-refractivity contribution in [1.29, 1.82) is 0 Å². The Morgan fingerprint density at radius 2 is 1.63 bits per heavy atom. The zero-order chi connectivity index (χ0) is 13.9. The molecule has 2 heteroatoms. The van der Waals surface area contributed by atoms with Gasteiger partial charge in [0.25, 0.3) is 0 Å². The van der Waals surface area contributed by atoms with Gasteiger partial charge in [-0.05, 0) is 58.4 Å². The molecule has 2 unspecified atom stereocenters. The second kappa shape index (κ2) is 6.58. The van der Waals surface area contributed by atoms with Crippen molar-refractivity contribution in [1.82, 2.24) is 10.2 Å². The van der Waals surface area contributed by atoms with Crippen molar-refractivity contribution in [2.24, 2.45) is 0 Å². The van der Waals surface area contributed by atoms with Gasteiger partial charge < -0.3 is 5.32 Å². The van der Waals surface area contributed by atoms with Gasteiger partial charge in [-0.1, -0.05) is 27.2 Å². The van der Waals surface area contributed by atoms with E-state index in [1.807, 2.05) is 0 Å². The van der Waals surface area contributed by atoms with Gasteiger partial charge in [0.1, 0.15) is 0 Å². The third-order valence-corrected chi connectivity index (χ3v) is 5.80. The lowest BCUT2D eigenvalue weighted by Gasteiger charge is -2.56. The standard InChI is InChI=1S/C17H34N2/c1-5-11-18-14-12-15-9-8-10-16(13-14)19(15)17(4,6-2)7-3/h14-16,18H,5-13H2,1-4H3. The Bertz CT molecular complexity index is 258. The third kappa shape index (κ3) is 3.16. The first-order chi connectivity index (χ1) is 9.14. The van der Waals surface area contributed by atoms with E-state index in [1.54, 1.807) is 0 Å². The first-order valence-corrected chi connectivity index (χ1v) is 8.66. The second-order valence-electron chi connectivity index (χ2n) is 6.97. The Kier molecular flexibility index (Phi) is 5.30. The first kappa shape index (κ1) is 15.3. The molecule has 2 bridgehead atoms. The molecule has 2 heterocycles. The molecule has 2 fully saturated rings. The summed E-state index contributed by atoms with van der Waals surface area (Å²) < 4.78 is 0. The van der Waals surface area contributed by atoms with Gasteiger partial charge in [-0.2, -0.15) is 0 Å². The summed E-state index contributed by atoms with van der Waals surface area (Å²) >= 11 is 0. The zero-order valence-corrected chi connectivity index (χ0v) is 13.5. The van der Waals surface area contributed by atoms with Crippen LogP contribution >= 0.6 is 0 Å². The molecule has 1 N–H and O–H groups in total. The van der Waals surface area contributed by atoms with Crippen LogP contribution in [0, 0.1) is 0 Å². The quantitative estimate of drug-likeness (QED) is 0.783. The average molecular weight is 266 g/mol. The number of piperidine rings is 2. The van der Waals surface area contributed by atoms with E-state index in [0.29, 0.717) is 5.54 Å². The van der Waals surface area contributed by atoms with Crippen molar-refractivity contribution in [3.05, 3.63) is 0 Å². The van der Waals surface area contributed by atoms with Crippen molar-refractivity contribution < 1.29 is 0 Å². The molecule has 2 atom stereocenters. The van der Waals surface area contributed by atoms with E-state index in [4.69, 9.17) is 0 Å². The Balaban J connectivity index is 2.07. The van der Waals surface area contributed by atoms with Gasteiger partial charge in [-0.3, -0.25) is 4.90 Å². The van der Waals surface area contributed by atoms with Crippen LogP contribution in [0.1, 0.15) is 79.1 Å². The maximum absolute atomic E-state index is 3.78. The highest BCUT2D eigenvalue weighted by Crippen LogP contribution is 2.41. The molecule has 2 nitrogen and oxygen atoms in total. The van der Waals surface area contributed by atoms with E-state index in [9.17, 15) is 0 Å². The Morgan fingerprint density at radius 3 is 2.11 bits per heavy atom. The summed E-state index contributed by atoms with van der Waals surface area (Å²) in [6.45, 7) is 10.7. The molecule has 0 aromatic rings. The summed E-state index contributed by atoms with van der Waals surface area (Å²) in [4.78, 5) is 2.93. The number of rotatable bonds is 6. The summed E-state index contributed by atoms with van der Waals surface area (Å²) in [6, 6.07) is 2.46. The number of nitrogens with one attached hydrogen (secondary N) is 1. The lowest BCUT2D eigenvalue weighted by molar-refractivity contribution is -0.0593. The molecule has 0 radical (unpaired) electrons. The fourth-order valence-corrected chi connectivity index (χ4v) is 4.39. The molecule has 19 heavy (non-hydrogen) atoms. The number of hydrogen-bond donors (Lipinski definition) is 1. The van der Waals surface area contributed by atoms with Crippen molar-refractivity contribution in [2.45, 2.75) is 103 Å². The summed E-state index contributed by atoms with van der Waals surface area (Å²) in [5, 5.41) is 3.78. The van der Waals surface area contributed by atoms with Crippen molar-refractivity contribution in [3.63, 3.8) is 0 Å². The minimum absolute atomic E-state index is 0.436. The molecule has 2 aliphatic rings. The normalized spacial score (nSPS) is 32.5. The number of hydrogen-bond acceptors (Lipinski definition) is 2. The SMILES string of the molecule is CCCNC1CC2CCCC(C1)N2C(C)(CC)CC. The van der Waals surface area contributed by atoms with Crippen LogP contribution < -0.4 is 5.32 Å². The number of nitrogens with zero attached hydrogens (tertiary/aromatic N) is 1. The van der Waals surface area contributed by atoms with Gasteiger partial charge in [0.15, 0.2) is 0 Å². The molecule has 112 valence electrons. The highest BCUT2D eigenvalue weighted by molar-refractivity contribution is 5.01. The average Bonchev–Trinajstić information content (AvgIpc) is 2.43. The molecule has 0 aromatic carbocycles. The monoisotopic (exact) mass is 266 g/mol. The van der Waals surface area contributed by atoms with Gasteiger partial charge in [0, 0.05) is 23.7 Å². The molecule has 2 aliphatic heterocycles. The highest BCUT2D eigenvalue weighted by Gasteiger charge is 2.44. The fraction of sp³-hybridized carbons (Fsp3) is 1.00. The van der Waals surface area contributed by atoms with Crippen LogP contribution in [0.4, 0.5) is 0 Å². The summed E-state index contributed by atoms with van der Waals surface area (Å²) in [6.07, 6.45) is 10.9. The highest BCUT2D eigenvalue weighted by atomic mass is 15.3. The van der Waals surface area contributed by atoms with Gasteiger partial charge >= 0.3 is 0 Å². The fourth-order valence-electron chi connectivity index (χ4n) is 4.39. The Hall–Kier alpha value is -0.0800. The van der Waals surface area contributed by atoms with Crippen LogP contribution in [0.3, 0.4) is 0 Å². The molecule has 0 saturated carbocycles. The topological polar surface area (TPSA) is 15.3 Å². The van der Waals surface area contributed by atoms with Crippen LogP contribution in [0.2, 0.25) is 0 Å². The molecular formula is C17H34N2. The van der Waals surface area contributed by atoms with Crippen LogP contribution in [0.15, 0.2) is 0 Å². The van der Waals surface area contributed by atoms with Gasteiger partial charge in [-0.15, -0.1) is 0 Å². The molecule has 0 aromatic heterocycles. The van der Waals surface area contributed by atoms with E-state index in [2.05, 4.69) is 37.9 Å². The predicted octanol–water partition coefficient (Wildman–Crippen LogP) is 3.95. The Morgan fingerprint density at radius 1 is 1.05 bits per heavy atom. The third-order valence-electron chi connectivity index (χ3n) is 5.80. The lowest BCUT2D eigenvalue weighted by Crippen LogP contribution is -2.63. The maximum Gasteiger partial charge on any atom is 0.0182 e. The molecule has 0 spiro atoms. The summed E-state index contributed by atoms with van der Waals surface area (Å²) in [7, 11) is 0. The zero-order valence-electron chi connectivity index (χ0n) is 13.5. The van der Waals surface area contributed by atoms with E-state index >= 15 is 0 Å². The first-order valence-electron chi connectivity index (χ1n) is 8.66. The largest absolute Gasteiger partial charge is 0.314 e. The lowest BCUT2D eigenvalue weighted by atomic mass is 9.76. The van der Waals surface area contributed by atoms with Gasteiger partial charge in [-0.25, -0.2) is 0 Å². The van der Waals surface area contributed by atoms with Crippen LogP contribution in [0.5, 0.6) is 0 Å². The van der Waals surface area contributed by atoms with Gasteiger partial charge in [0.2, 0.25) is 0 Å². The number of fused-ring (bicyclic) bond motifs is 2. The van der Waals surface area contributed by atoms with Crippen molar-refractivity contribution in [2.75, 3.05) is 6.54 Å². The maximum atomic E-state index is 3.78. The molecule has 0 aliphatic carbocycles. The summed E-state index contributed by atoms with van der Waals surface area (Å²) in [5.41, 5.74) is 0.436. The smallest absolute Gasteiger partial charge is 0.0182 e. The van der Waals surface area contributed by atoms with Crippen molar-refractivity contribution in [3.8, 4) is 0 Å². The van der Waals surface area contributed by atoms with Crippen LogP contribution in [-0.4, -0.2) is 35.1 Å².